The smallest absolute Gasteiger partial charge is 0.245 e. The summed E-state index contributed by atoms with van der Waals surface area (Å²) in [5.74, 6) is 0.584. The molecule has 1 aliphatic rings. The first kappa shape index (κ1) is 16.4. The quantitative estimate of drug-likeness (QED) is 0.651. The van der Waals surface area contributed by atoms with Crippen LogP contribution in [0.5, 0.6) is 0 Å². The van der Waals surface area contributed by atoms with Gasteiger partial charge in [0.15, 0.2) is 5.82 Å². The third-order valence-electron chi connectivity index (χ3n) is 4.74. The largest absolute Gasteiger partial charge is 0.356 e. The number of H-pyrrole nitrogens is 1. The summed E-state index contributed by atoms with van der Waals surface area (Å²) < 4.78 is 13.6. The number of hydrogen-bond donors (Lipinski definition) is 3. The molecule has 1 fully saturated rings. The molecule has 8 heteroatoms. The third kappa shape index (κ3) is 2.77. The number of fused-ring (bicyclic) bond motifs is 1. The lowest BCUT2D eigenvalue weighted by atomic mass is 9.76. The van der Waals surface area contributed by atoms with Crippen LogP contribution in [0.4, 0.5) is 10.2 Å². The topological polar surface area (TPSA) is 95.6 Å². The van der Waals surface area contributed by atoms with E-state index in [4.69, 9.17) is 0 Å². The lowest BCUT2D eigenvalue weighted by molar-refractivity contribution is -0.128. The van der Waals surface area contributed by atoms with Gasteiger partial charge < -0.3 is 15.6 Å². The van der Waals surface area contributed by atoms with Crippen LogP contribution in [0.2, 0.25) is 0 Å². The predicted molar refractivity (Wildman–Crippen MR) is 100 cm³/mol. The fourth-order valence-corrected chi connectivity index (χ4v) is 3.24. The van der Waals surface area contributed by atoms with Gasteiger partial charge in [0.25, 0.3) is 0 Å². The Bertz CT molecular complexity index is 976. The molecular formula is C18H23FN6O. The van der Waals surface area contributed by atoms with Gasteiger partial charge in [0.05, 0.1) is 6.20 Å². The molecule has 0 spiro atoms. The van der Waals surface area contributed by atoms with Crippen molar-refractivity contribution in [2.24, 2.45) is 0 Å². The normalized spacial score (nSPS) is 15.5. The number of hydrogen-bond acceptors (Lipinski definition) is 5. The maximum atomic E-state index is 13.6. The van der Waals surface area contributed by atoms with Crippen LogP contribution in [0.25, 0.3) is 22.4 Å². The van der Waals surface area contributed by atoms with Crippen molar-refractivity contribution in [1.29, 1.82) is 0 Å². The van der Waals surface area contributed by atoms with E-state index in [1.54, 1.807) is 18.5 Å². The van der Waals surface area contributed by atoms with Gasteiger partial charge in [-0.2, -0.15) is 0 Å². The molecule has 1 aliphatic carbocycles. The molecule has 3 aromatic heterocycles. The van der Waals surface area contributed by atoms with E-state index in [2.05, 4.69) is 30.6 Å². The molecular weight excluding hydrogens is 335 g/mol. The zero-order chi connectivity index (χ0) is 18.1. The van der Waals surface area contributed by atoms with Crippen LogP contribution >= 0.6 is 0 Å². The van der Waals surface area contributed by atoms with Gasteiger partial charge in [-0.1, -0.05) is 0 Å². The number of rotatable bonds is 5. The molecule has 7 nitrogen and oxygen atoms in total. The Morgan fingerprint density at radius 3 is 3.00 bits per heavy atom. The SMILES string of the molecule is CCNC(=O)C1(Nc2ccnc(-c3c[nH]c4ncc(F)cc34)n2)CCC1.[HH].[HH]. The number of aromatic nitrogens is 4. The summed E-state index contributed by atoms with van der Waals surface area (Å²) in [6.07, 6.45) is 7.02. The summed E-state index contributed by atoms with van der Waals surface area (Å²) >= 11 is 0. The lowest BCUT2D eigenvalue weighted by Gasteiger charge is -2.41. The Morgan fingerprint density at radius 1 is 1.42 bits per heavy atom. The maximum absolute atomic E-state index is 13.6. The van der Waals surface area contributed by atoms with E-state index in [0.29, 0.717) is 34.8 Å². The minimum absolute atomic E-state index is 0. The summed E-state index contributed by atoms with van der Waals surface area (Å²) in [4.78, 5) is 28.2. The van der Waals surface area contributed by atoms with Gasteiger partial charge in [-0.25, -0.2) is 19.3 Å². The first-order valence-corrected chi connectivity index (χ1v) is 8.64. The van der Waals surface area contributed by atoms with Gasteiger partial charge in [0, 0.05) is 32.7 Å². The van der Waals surface area contributed by atoms with Crippen LogP contribution in [-0.2, 0) is 4.79 Å². The Labute approximate surface area is 152 Å². The highest BCUT2D eigenvalue weighted by molar-refractivity contribution is 5.92. The van der Waals surface area contributed by atoms with E-state index in [-0.39, 0.29) is 8.76 Å². The third-order valence-corrected chi connectivity index (χ3v) is 4.74. The molecule has 138 valence electrons. The molecule has 4 rings (SSSR count). The van der Waals surface area contributed by atoms with Crippen LogP contribution in [-0.4, -0.2) is 37.9 Å². The summed E-state index contributed by atoms with van der Waals surface area (Å²) in [6.45, 7) is 2.49. The standard InChI is InChI=1S/C18H19FN6O.2H2/c1-2-20-17(26)18(5-3-6-18)25-14-4-7-21-16(24-14)13-10-23-15-12(13)8-11(19)9-22-15;;/h4,7-10H,2-3,5-6H2,1H3,(H,20,26)(H,22,23)(H,21,24,25);2*1H. The Kier molecular flexibility index (Phi) is 4.02. The van der Waals surface area contributed by atoms with Crippen molar-refractivity contribution in [3.05, 3.63) is 36.5 Å². The number of halogens is 1. The summed E-state index contributed by atoms with van der Waals surface area (Å²) in [7, 11) is 0. The van der Waals surface area contributed by atoms with Crippen LogP contribution in [0.3, 0.4) is 0 Å². The van der Waals surface area contributed by atoms with Crippen molar-refractivity contribution in [3.8, 4) is 11.4 Å². The Morgan fingerprint density at radius 2 is 2.27 bits per heavy atom. The minimum atomic E-state index is -0.616. The molecule has 1 saturated carbocycles. The molecule has 0 radical (unpaired) electrons. The average Bonchev–Trinajstić information content (AvgIpc) is 3.01. The maximum Gasteiger partial charge on any atom is 0.245 e. The van der Waals surface area contributed by atoms with Gasteiger partial charge in [-0.3, -0.25) is 4.79 Å². The molecule has 3 N–H and O–H groups in total. The minimum Gasteiger partial charge on any atom is -0.356 e. The fourth-order valence-electron chi connectivity index (χ4n) is 3.24. The Balaban J connectivity index is 0.00000140. The first-order chi connectivity index (χ1) is 12.6. The van der Waals surface area contributed by atoms with Crippen molar-refractivity contribution >= 4 is 22.8 Å². The number of amides is 1. The number of pyridine rings is 1. The van der Waals surface area contributed by atoms with E-state index in [9.17, 15) is 9.18 Å². The van der Waals surface area contributed by atoms with Gasteiger partial charge in [-0.05, 0) is 38.3 Å². The predicted octanol–water partition coefficient (Wildman–Crippen LogP) is 3.12. The number of nitrogens with zero attached hydrogens (tertiary/aromatic N) is 3. The van der Waals surface area contributed by atoms with Crippen LogP contribution in [0.15, 0.2) is 30.7 Å². The van der Waals surface area contributed by atoms with E-state index in [1.165, 1.54) is 6.07 Å². The summed E-state index contributed by atoms with van der Waals surface area (Å²) in [5.41, 5.74) is 0.618. The Hall–Kier alpha value is -3.03. The van der Waals surface area contributed by atoms with E-state index in [0.717, 1.165) is 25.5 Å². The fraction of sp³-hybridized carbons (Fsp3) is 0.333. The molecule has 0 aromatic carbocycles. The number of carbonyl (C=O) groups is 1. The molecule has 0 atom stereocenters. The molecule has 26 heavy (non-hydrogen) atoms. The highest BCUT2D eigenvalue weighted by atomic mass is 19.1. The van der Waals surface area contributed by atoms with Crippen molar-refractivity contribution in [2.45, 2.75) is 31.7 Å². The molecule has 0 aliphatic heterocycles. The van der Waals surface area contributed by atoms with E-state index >= 15 is 0 Å². The molecule has 0 bridgehead atoms. The number of anilines is 1. The van der Waals surface area contributed by atoms with Gasteiger partial charge >= 0.3 is 0 Å². The van der Waals surface area contributed by atoms with Crippen LogP contribution in [0, 0.1) is 5.82 Å². The van der Waals surface area contributed by atoms with Crippen molar-refractivity contribution in [1.82, 2.24) is 25.3 Å². The number of likely N-dealkylation sites (N-methyl/N-ethyl adjacent to an activating group) is 1. The highest BCUT2D eigenvalue weighted by Gasteiger charge is 2.44. The molecule has 3 heterocycles. The first-order valence-electron chi connectivity index (χ1n) is 8.64. The number of nitrogens with one attached hydrogen (secondary N) is 3. The van der Waals surface area contributed by atoms with Crippen molar-refractivity contribution in [2.75, 3.05) is 11.9 Å². The second-order valence-electron chi connectivity index (χ2n) is 6.44. The van der Waals surface area contributed by atoms with Crippen LogP contribution in [0.1, 0.15) is 29.0 Å². The van der Waals surface area contributed by atoms with Crippen molar-refractivity contribution < 1.29 is 12.0 Å². The number of carbonyl (C=O) groups excluding carboxylic acids is 1. The molecule has 0 unspecified atom stereocenters. The zero-order valence-corrected chi connectivity index (χ0v) is 14.3. The zero-order valence-electron chi connectivity index (χ0n) is 14.3. The molecule has 1 amide bonds. The monoisotopic (exact) mass is 358 g/mol. The van der Waals surface area contributed by atoms with Crippen molar-refractivity contribution in [3.63, 3.8) is 0 Å². The lowest BCUT2D eigenvalue weighted by Crippen LogP contribution is -2.57. The number of aromatic amines is 1. The van der Waals surface area contributed by atoms with Crippen LogP contribution < -0.4 is 10.6 Å². The van der Waals surface area contributed by atoms with E-state index in [1.807, 2.05) is 6.92 Å². The summed E-state index contributed by atoms with van der Waals surface area (Å²) in [6, 6.07) is 3.14. The van der Waals surface area contributed by atoms with Gasteiger partial charge in [-0.15, -0.1) is 0 Å². The van der Waals surface area contributed by atoms with Gasteiger partial charge in [0.2, 0.25) is 5.91 Å². The average molecular weight is 358 g/mol. The van der Waals surface area contributed by atoms with Gasteiger partial charge in [0.1, 0.15) is 22.8 Å². The summed E-state index contributed by atoms with van der Waals surface area (Å²) in [5, 5.41) is 6.77. The molecule has 3 aromatic rings. The second-order valence-corrected chi connectivity index (χ2v) is 6.44. The second kappa shape index (κ2) is 6.36. The molecule has 0 saturated heterocycles. The highest BCUT2D eigenvalue weighted by Crippen LogP contribution is 2.35. The van der Waals surface area contributed by atoms with E-state index < -0.39 is 11.4 Å².